The molecule has 0 atom stereocenters. The van der Waals surface area contributed by atoms with Crippen molar-refractivity contribution in [1.82, 2.24) is 0 Å². The average Bonchev–Trinajstić information content (AvgIpc) is 2.19. The van der Waals surface area contributed by atoms with Gasteiger partial charge in [-0.05, 0) is 6.07 Å². The first-order valence-corrected chi connectivity index (χ1v) is 4.24. The van der Waals surface area contributed by atoms with E-state index in [1.807, 2.05) is 0 Å². The number of hydrogen-bond donors (Lipinski definition) is 1. The lowest BCUT2D eigenvalue weighted by Crippen LogP contribution is -2.15. The second kappa shape index (κ2) is 4.39. The molecule has 0 aliphatic carbocycles. The molecule has 1 aromatic rings. The van der Waals surface area contributed by atoms with Gasteiger partial charge in [0.2, 0.25) is 0 Å². The second-order valence-electron chi connectivity index (χ2n) is 2.60. The molecule has 0 amide bonds. The van der Waals surface area contributed by atoms with E-state index in [-0.39, 0.29) is 22.9 Å². The number of carbonyl (C=O) groups excluding carboxylic acids is 1. The maximum Gasteiger partial charge on any atom is 0.179 e. The van der Waals surface area contributed by atoms with Gasteiger partial charge in [-0.1, -0.05) is 11.6 Å². The summed E-state index contributed by atoms with van der Waals surface area (Å²) < 4.78 is 18.1. The topological polar surface area (TPSA) is 52.3 Å². The van der Waals surface area contributed by atoms with Crippen LogP contribution in [0.15, 0.2) is 12.1 Å². The van der Waals surface area contributed by atoms with Gasteiger partial charge in [0, 0.05) is 11.1 Å². The summed E-state index contributed by atoms with van der Waals surface area (Å²) in [5.41, 5.74) is 4.97. The van der Waals surface area contributed by atoms with Crippen LogP contribution in [0.3, 0.4) is 0 Å². The molecule has 0 aliphatic rings. The third-order valence-electron chi connectivity index (χ3n) is 1.71. The van der Waals surface area contributed by atoms with E-state index < -0.39 is 11.6 Å². The molecular formula is C9H9ClFNO2. The Hall–Kier alpha value is -1.13. The van der Waals surface area contributed by atoms with Gasteiger partial charge in [0.05, 0.1) is 19.2 Å². The van der Waals surface area contributed by atoms with Gasteiger partial charge in [0.25, 0.3) is 0 Å². The Balaban J connectivity index is 3.29. The van der Waals surface area contributed by atoms with Crippen LogP contribution in [0.1, 0.15) is 10.4 Å². The standard InChI is InChI=1S/C9H9ClFNO2/c1-14-8-3-5(10)2-6(9(8)11)7(13)4-12/h2-3H,4,12H2,1H3. The Bertz CT molecular complexity index is 368. The molecule has 0 heterocycles. The van der Waals surface area contributed by atoms with Gasteiger partial charge in [-0.25, -0.2) is 4.39 Å². The van der Waals surface area contributed by atoms with Crippen LogP contribution in [0, 0.1) is 5.82 Å². The number of ketones is 1. The molecule has 14 heavy (non-hydrogen) atoms. The minimum absolute atomic E-state index is 0.0608. The molecule has 0 saturated heterocycles. The molecule has 0 unspecified atom stereocenters. The fraction of sp³-hybridized carbons (Fsp3) is 0.222. The van der Waals surface area contributed by atoms with Crippen molar-refractivity contribution in [2.75, 3.05) is 13.7 Å². The quantitative estimate of drug-likeness (QED) is 0.783. The minimum Gasteiger partial charge on any atom is -0.494 e. The Kier molecular flexibility index (Phi) is 3.43. The van der Waals surface area contributed by atoms with Crippen LogP contribution in [0.2, 0.25) is 5.02 Å². The number of hydrogen-bond acceptors (Lipinski definition) is 3. The first kappa shape index (κ1) is 10.9. The summed E-state index contributed by atoms with van der Waals surface area (Å²) in [4.78, 5) is 11.2. The fourth-order valence-electron chi connectivity index (χ4n) is 1.03. The summed E-state index contributed by atoms with van der Waals surface area (Å²) in [6.07, 6.45) is 0. The van der Waals surface area contributed by atoms with Crippen molar-refractivity contribution in [3.63, 3.8) is 0 Å². The SMILES string of the molecule is COc1cc(Cl)cc(C(=O)CN)c1F. The monoisotopic (exact) mass is 217 g/mol. The van der Waals surface area contributed by atoms with Gasteiger partial charge in [-0.2, -0.15) is 0 Å². The minimum atomic E-state index is -0.729. The van der Waals surface area contributed by atoms with Crippen LogP contribution in [-0.2, 0) is 0 Å². The summed E-state index contributed by atoms with van der Waals surface area (Å²) in [5.74, 6) is -1.30. The second-order valence-corrected chi connectivity index (χ2v) is 3.03. The van der Waals surface area contributed by atoms with Gasteiger partial charge < -0.3 is 10.5 Å². The third-order valence-corrected chi connectivity index (χ3v) is 1.93. The highest BCUT2D eigenvalue weighted by Gasteiger charge is 2.15. The van der Waals surface area contributed by atoms with Crippen LogP contribution < -0.4 is 10.5 Å². The van der Waals surface area contributed by atoms with Gasteiger partial charge in [0.15, 0.2) is 17.3 Å². The van der Waals surface area contributed by atoms with E-state index >= 15 is 0 Å². The molecule has 2 N–H and O–H groups in total. The highest BCUT2D eigenvalue weighted by atomic mass is 35.5. The van der Waals surface area contributed by atoms with E-state index in [4.69, 9.17) is 22.1 Å². The van der Waals surface area contributed by atoms with Gasteiger partial charge in [0.1, 0.15) is 0 Å². The zero-order valence-corrected chi connectivity index (χ0v) is 8.27. The lowest BCUT2D eigenvalue weighted by molar-refractivity contribution is 0.0997. The average molecular weight is 218 g/mol. The molecule has 76 valence electrons. The van der Waals surface area contributed by atoms with Gasteiger partial charge in [-0.15, -0.1) is 0 Å². The number of Topliss-reactive ketones (excluding diaryl/α,β-unsaturated/α-hetero) is 1. The van der Waals surface area contributed by atoms with Crippen molar-refractivity contribution in [3.05, 3.63) is 28.5 Å². The van der Waals surface area contributed by atoms with Crippen LogP contribution in [-0.4, -0.2) is 19.4 Å². The summed E-state index contributed by atoms with van der Waals surface area (Å²) in [6, 6.07) is 2.53. The first-order valence-electron chi connectivity index (χ1n) is 3.86. The molecule has 0 aromatic heterocycles. The van der Waals surface area contributed by atoms with E-state index in [2.05, 4.69) is 0 Å². The van der Waals surface area contributed by atoms with Crippen molar-refractivity contribution in [2.45, 2.75) is 0 Å². The fourth-order valence-corrected chi connectivity index (χ4v) is 1.23. The Labute approximate surface area is 85.6 Å². The molecule has 0 bridgehead atoms. The summed E-state index contributed by atoms with van der Waals surface area (Å²) in [7, 11) is 1.30. The van der Waals surface area contributed by atoms with E-state index in [1.165, 1.54) is 19.2 Å². The highest BCUT2D eigenvalue weighted by molar-refractivity contribution is 6.31. The van der Waals surface area contributed by atoms with Crippen LogP contribution >= 0.6 is 11.6 Å². The van der Waals surface area contributed by atoms with Crippen molar-refractivity contribution in [3.8, 4) is 5.75 Å². The number of nitrogens with two attached hydrogens (primary N) is 1. The summed E-state index contributed by atoms with van der Waals surface area (Å²) in [5, 5.41) is 0.236. The predicted octanol–water partition coefficient (Wildman–Crippen LogP) is 1.63. The number of rotatable bonds is 3. The molecule has 0 radical (unpaired) electrons. The van der Waals surface area contributed by atoms with Crippen molar-refractivity contribution in [2.24, 2.45) is 5.73 Å². The molecule has 1 rings (SSSR count). The Morgan fingerprint density at radius 3 is 2.79 bits per heavy atom. The largest absolute Gasteiger partial charge is 0.494 e. The van der Waals surface area contributed by atoms with Gasteiger partial charge >= 0.3 is 0 Å². The molecule has 0 fully saturated rings. The van der Waals surface area contributed by atoms with E-state index in [9.17, 15) is 9.18 Å². The lowest BCUT2D eigenvalue weighted by atomic mass is 10.1. The van der Waals surface area contributed by atoms with Crippen LogP contribution in [0.25, 0.3) is 0 Å². The molecule has 0 saturated carbocycles. The Morgan fingerprint density at radius 2 is 2.29 bits per heavy atom. The molecule has 1 aromatic carbocycles. The summed E-state index contributed by atoms with van der Waals surface area (Å²) in [6.45, 7) is -0.263. The van der Waals surface area contributed by atoms with E-state index in [0.29, 0.717) is 0 Å². The van der Waals surface area contributed by atoms with Crippen molar-refractivity contribution in [1.29, 1.82) is 0 Å². The molecule has 0 spiro atoms. The smallest absolute Gasteiger partial charge is 0.179 e. The zero-order chi connectivity index (χ0) is 10.7. The number of methoxy groups -OCH3 is 1. The zero-order valence-electron chi connectivity index (χ0n) is 7.51. The molecule has 5 heteroatoms. The van der Waals surface area contributed by atoms with Crippen molar-refractivity contribution >= 4 is 17.4 Å². The maximum absolute atomic E-state index is 13.4. The van der Waals surface area contributed by atoms with Gasteiger partial charge in [-0.3, -0.25) is 4.79 Å². The highest BCUT2D eigenvalue weighted by Crippen LogP contribution is 2.25. The van der Waals surface area contributed by atoms with E-state index in [1.54, 1.807) is 0 Å². The molecule has 0 aliphatic heterocycles. The number of ether oxygens (including phenoxy) is 1. The normalized spacial score (nSPS) is 10.0. The van der Waals surface area contributed by atoms with Crippen LogP contribution in [0.4, 0.5) is 4.39 Å². The van der Waals surface area contributed by atoms with Crippen molar-refractivity contribution < 1.29 is 13.9 Å². The lowest BCUT2D eigenvalue weighted by Gasteiger charge is -2.06. The Morgan fingerprint density at radius 1 is 1.64 bits per heavy atom. The maximum atomic E-state index is 13.4. The van der Waals surface area contributed by atoms with Crippen LogP contribution in [0.5, 0.6) is 5.75 Å². The molecule has 3 nitrogen and oxygen atoms in total. The third kappa shape index (κ3) is 2.02. The number of benzene rings is 1. The predicted molar refractivity (Wildman–Crippen MR) is 51.3 cm³/mol. The molecular weight excluding hydrogens is 209 g/mol. The number of carbonyl (C=O) groups is 1. The first-order chi connectivity index (χ1) is 6.60. The van der Waals surface area contributed by atoms with E-state index in [0.717, 1.165) is 0 Å². The number of halogens is 2. The summed E-state index contributed by atoms with van der Waals surface area (Å²) >= 11 is 5.66.